The molecular weight excluding hydrogens is 252 g/mol. The first-order chi connectivity index (χ1) is 8.81. The summed E-state index contributed by atoms with van der Waals surface area (Å²) in [5.41, 5.74) is 4.96. The molecule has 0 saturated carbocycles. The number of amides is 3. The van der Waals surface area contributed by atoms with Crippen LogP contribution >= 0.6 is 0 Å². The van der Waals surface area contributed by atoms with Gasteiger partial charge in [-0.3, -0.25) is 4.79 Å². The van der Waals surface area contributed by atoms with Crippen molar-refractivity contribution >= 4 is 17.9 Å². The van der Waals surface area contributed by atoms with E-state index in [1.165, 1.54) is 0 Å². The van der Waals surface area contributed by atoms with E-state index >= 15 is 0 Å². The standard InChI is InChI=1S/C11H20N4O4/c1-7-6-14(2)3-4-15(7)11(19)13-8(10(17)18)5-9(12)16/h7-8H,3-6H2,1-2H3,(H2,12,16)(H,13,19)(H,17,18)/t7?,8-/m1/s1. The van der Waals surface area contributed by atoms with Gasteiger partial charge in [-0.25, -0.2) is 9.59 Å². The van der Waals surface area contributed by atoms with Gasteiger partial charge in [-0.1, -0.05) is 0 Å². The molecule has 1 fully saturated rings. The van der Waals surface area contributed by atoms with Crippen molar-refractivity contribution in [3.8, 4) is 0 Å². The summed E-state index contributed by atoms with van der Waals surface area (Å²) in [7, 11) is 1.96. The zero-order valence-electron chi connectivity index (χ0n) is 11.1. The number of carboxylic acids is 1. The van der Waals surface area contributed by atoms with Crippen LogP contribution in [0.2, 0.25) is 0 Å². The summed E-state index contributed by atoms with van der Waals surface area (Å²) in [6, 6.07) is -1.77. The van der Waals surface area contributed by atoms with E-state index in [1.807, 2.05) is 14.0 Å². The van der Waals surface area contributed by atoms with Crippen molar-refractivity contribution in [1.82, 2.24) is 15.1 Å². The van der Waals surface area contributed by atoms with Gasteiger partial charge in [0.15, 0.2) is 0 Å². The van der Waals surface area contributed by atoms with Gasteiger partial charge in [-0.05, 0) is 14.0 Å². The lowest BCUT2D eigenvalue weighted by atomic mass is 10.2. The lowest BCUT2D eigenvalue weighted by Crippen LogP contribution is -2.58. The molecule has 0 aromatic carbocycles. The fourth-order valence-electron chi connectivity index (χ4n) is 2.07. The first-order valence-electron chi connectivity index (χ1n) is 6.08. The second-order valence-electron chi connectivity index (χ2n) is 4.82. The molecule has 1 saturated heterocycles. The van der Waals surface area contributed by atoms with Gasteiger partial charge in [0.05, 0.1) is 6.42 Å². The fourth-order valence-corrected chi connectivity index (χ4v) is 2.07. The summed E-state index contributed by atoms with van der Waals surface area (Å²) in [6.07, 6.45) is -0.413. The zero-order chi connectivity index (χ0) is 14.6. The van der Waals surface area contributed by atoms with Gasteiger partial charge in [-0.15, -0.1) is 0 Å². The maximum Gasteiger partial charge on any atom is 0.326 e. The van der Waals surface area contributed by atoms with Crippen LogP contribution in [0.4, 0.5) is 4.79 Å². The van der Waals surface area contributed by atoms with Gasteiger partial charge in [0.2, 0.25) is 5.91 Å². The van der Waals surface area contributed by atoms with Crippen LogP contribution in [0.15, 0.2) is 0 Å². The lowest BCUT2D eigenvalue weighted by Gasteiger charge is -2.38. The van der Waals surface area contributed by atoms with Crippen molar-refractivity contribution in [1.29, 1.82) is 0 Å². The third kappa shape index (κ3) is 4.40. The highest BCUT2D eigenvalue weighted by atomic mass is 16.4. The van der Waals surface area contributed by atoms with E-state index in [0.717, 1.165) is 13.1 Å². The summed E-state index contributed by atoms with van der Waals surface area (Å²) in [4.78, 5) is 37.4. The summed E-state index contributed by atoms with van der Waals surface area (Å²) in [6.45, 7) is 3.86. The van der Waals surface area contributed by atoms with Gasteiger partial charge in [0.25, 0.3) is 0 Å². The number of carboxylic acid groups (broad SMARTS) is 1. The third-order valence-electron chi connectivity index (χ3n) is 3.09. The molecule has 4 N–H and O–H groups in total. The number of carbonyl (C=O) groups excluding carboxylic acids is 2. The molecule has 1 aliphatic rings. The number of carbonyl (C=O) groups is 3. The molecule has 0 spiro atoms. The predicted molar refractivity (Wildman–Crippen MR) is 67.4 cm³/mol. The summed E-state index contributed by atoms with van der Waals surface area (Å²) in [5, 5.41) is 11.3. The van der Waals surface area contributed by atoms with Crippen molar-refractivity contribution in [2.45, 2.75) is 25.4 Å². The van der Waals surface area contributed by atoms with E-state index in [4.69, 9.17) is 10.8 Å². The second-order valence-corrected chi connectivity index (χ2v) is 4.82. The molecule has 2 atom stereocenters. The third-order valence-corrected chi connectivity index (χ3v) is 3.09. The highest BCUT2D eigenvalue weighted by molar-refractivity contribution is 5.87. The number of rotatable bonds is 4. The topological polar surface area (TPSA) is 116 Å². The molecule has 8 heteroatoms. The lowest BCUT2D eigenvalue weighted by molar-refractivity contribution is -0.141. The van der Waals surface area contributed by atoms with Gasteiger partial charge in [-0.2, -0.15) is 0 Å². The first-order valence-corrected chi connectivity index (χ1v) is 6.08. The molecule has 0 aliphatic carbocycles. The largest absolute Gasteiger partial charge is 0.480 e. The average molecular weight is 272 g/mol. The molecule has 1 heterocycles. The number of primary amides is 1. The molecular formula is C11H20N4O4. The second kappa shape index (κ2) is 6.37. The molecule has 0 bridgehead atoms. The molecule has 1 rings (SSSR count). The number of aliphatic carboxylic acids is 1. The van der Waals surface area contributed by atoms with Crippen LogP contribution in [0, 0.1) is 0 Å². The zero-order valence-corrected chi connectivity index (χ0v) is 11.1. The van der Waals surface area contributed by atoms with Crippen LogP contribution in [0.1, 0.15) is 13.3 Å². The van der Waals surface area contributed by atoms with Crippen LogP contribution in [-0.4, -0.2) is 71.6 Å². The predicted octanol–water partition coefficient (Wildman–Crippen LogP) is -1.34. The first kappa shape index (κ1) is 15.2. The highest BCUT2D eigenvalue weighted by Crippen LogP contribution is 2.08. The number of nitrogens with one attached hydrogen (secondary N) is 1. The van der Waals surface area contributed by atoms with E-state index in [0.29, 0.717) is 6.54 Å². The van der Waals surface area contributed by atoms with E-state index in [9.17, 15) is 14.4 Å². The van der Waals surface area contributed by atoms with Crippen molar-refractivity contribution in [3.63, 3.8) is 0 Å². The summed E-state index contributed by atoms with van der Waals surface area (Å²) >= 11 is 0. The minimum absolute atomic E-state index is 0.0122. The maximum absolute atomic E-state index is 12.0. The average Bonchev–Trinajstić information content (AvgIpc) is 2.26. The maximum atomic E-state index is 12.0. The smallest absolute Gasteiger partial charge is 0.326 e. The van der Waals surface area contributed by atoms with Crippen molar-refractivity contribution in [3.05, 3.63) is 0 Å². The van der Waals surface area contributed by atoms with E-state index in [-0.39, 0.29) is 6.04 Å². The number of hydrogen-bond acceptors (Lipinski definition) is 4. The normalized spacial score (nSPS) is 21.8. The monoisotopic (exact) mass is 272 g/mol. The van der Waals surface area contributed by atoms with Gasteiger partial charge in [0.1, 0.15) is 6.04 Å². The SMILES string of the molecule is CC1CN(C)CCN1C(=O)N[C@H](CC(N)=O)C(=O)O. The molecule has 1 unspecified atom stereocenters. The Morgan fingerprint density at radius 3 is 2.53 bits per heavy atom. The minimum atomic E-state index is -1.28. The van der Waals surface area contributed by atoms with E-state index < -0.39 is 30.4 Å². The van der Waals surface area contributed by atoms with Crippen LogP contribution in [0.25, 0.3) is 0 Å². The molecule has 8 nitrogen and oxygen atoms in total. The van der Waals surface area contributed by atoms with Gasteiger partial charge in [0, 0.05) is 25.7 Å². The minimum Gasteiger partial charge on any atom is -0.480 e. The van der Waals surface area contributed by atoms with Crippen LogP contribution < -0.4 is 11.1 Å². The molecule has 0 aromatic heterocycles. The molecule has 19 heavy (non-hydrogen) atoms. The number of nitrogens with two attached hydrogens (primary N) is 1. The number of likely N-dealkylation sites (N-methyl/N-ethyl adjacent to an activating group) is 1. The van der Waals surface area contributed by atoms with Crippen molar-refractivity contribution in [2.24, 2.45) is 5.73 Å². The fraction of sp³-hybridized carbons (Fsp3) is 0.727. The summed E-state index contributed by atoms with van der Waals surface area (Å²) in [5.74, 6) is -2.03. The Labute approximate surface area is 111 Å². The van der Waals surface area contributed by atoms with E-state index in [2.05, 4.69) is 10.2 Å². The molecule has 0 aromatic rings. The number of hydrogen-bond donors (Lipinski definition) is 3. The van der Waals surface area contributed by atoms with Gasteiger partial charge < -0.3 is 26.0 Å². The van der Waals surface area contributed by atoms with Crippen LogP contribution in [0.5, 0.6) is 0 Å². The number of urea groups is 1. The molecule has 0 radical (unpaired) electrons. The van der Waals surface area contributed by atoms with Crippen LogP contribution in [-0.2, 0) is 9.59 Å². The Hall–Kier alpha value is -1.83. The molecule has 108 valence electrons. The van der Waals surface area contributed by atoms with Crippen LogP contribution in [0.3, 0.4) is 0 Å². The van der Waals surface area contributed by atoms with Crippen molar-refractivity contribution < 1.29 is 19.5 Å². The highest BCUT2D eigenvalue weighted by Gasteiger charge is 2.29. The molecule has 1 aliphatic heterocycles. The Morgan fingerprint density at radius 2 is 2.05 bits per heavy atom. The molecule has 3 amide bonds. The van der Waals surface area contributed by atoms with Crippen molar-refractivity contribution in [2.75, 3.05) is 26.7 Å². The Kier molecular flexibility index (Phi) is 5.11. The summed E-state index contributed by atoms with van der Waals surface area (Å²) < 4.78 is 0. The number of nitrogens with zero attached hydrogens (tertiary/aromatic N) is 2. The Bertz CT molecular complexity index is 374. The quantitative estimate of drug-likeness (QED) is 0.586. The van der Waals surface area contributed by atoms with Gasteiger partial charge >= 0.3 is 12.0 Å². The Morgan fingerprint density at radius 1 is 1.42 bits per heavy atom. The van der Waals surface area contributed by atoms with E-state index in [1.54, 1.807) is 4.90 Å². The number of piperazine rings is 1. The Balaban J connectivity index is 2.61.